The van der Waals surface area contributed by atoms with Crippen LogP contribution >= 0.6 is 31.9 Å². The molecule has 7 heteroatoms. The molecule has 0 spiro atoms. The predicted octanol–water partition coefficient (Wildman–Crippen LogP) is 2.44. The van der Waals surface area contributed by atoms with Crippen molar-refractivity contribution in [3.8, 4) is 0 Å². The molecule has 0 aromatic rings. The Morgan fingerprint density at radius 3 is 1.53 bits per heavy atom. The number of hydrogen-bond acceptors (Lipinski definition) is 5. The van der Waals surface area contributed by atoms with Gasteiger partial charge in [0.25, 0.3) is 0 Å². The molecule has 0 rings (SSSR count). The van der Waals surface area contributed by atoms with Crippen molar-refractivity contribution in [2.24, 2.45) is 0 Å². The topological polar surface area (TPSA) is 61.8 Å². The Morgan fingerprint density at radius 1 is 0.737 bits per heavy atom. The molecular formula is C12H20Br2O5. The van der Waals surface area contributed by atoms with Crippen LogP contribution in [0, 0.1) is 0 Å². The third kappa shape index (κ3) is 14.1. The molecule has 0 N–H and O–H groups in total. The molecule has 0 aliphatic heterocycles. The van der Waals surface area contributed by atoms with Gasteiger partial charge in [0.1, 0.15) is 13.2 Å². The number of esters is 2. The van der Waals surface area contributed by atoms with Crippen molar-refractivity contribution >= 4 is 43.8 Å². The first-order valence-electron chi connectivity index (χ1n) is 6.21. The number of rotatable bonds is 12. The molecule has 0 fully saturated rings. The summed E-state index contributed by atoms with van der Waals surface area (Å²) in [6, 6.07) is 0. The van der Waals surface area contributed by atoms with Crippen molar-refractivity contribution in [2.75, 3.05) is 37.1 Å². The quantitative estimate of drug-likeness (QED) is 0.284. The van der Waals surface area contributed by atoms with E-state index in [1.165, 1.54) is 0 Å². The summed E-state index contributed by atoms with van der Waals surface area (Å²) in [6.07, 6.45) is 2.36. The molecule has 112 valence electrons. The summed E-state index contributed by atoms with van der Waals surface area (Å²) in [4.78, 5) is 22.2. The maximum atomic E-state index is 11.1. The maximum absolute atomic E-state index is 11.1. The lowest BCUT2D eigenvalue weighted by Crippen LogP contribution is -2.14. The van der Waals surface area contributed by atoms with Crippen molar-refractivity contribution in [1.29, 1.82) is 0 Å². The molecule has 0 amide bonds. The lowest BCUT2D eigenvalue weighted by atomic mass is 10.3. The predicted molar refractivity (Wildman–Crippen MR) is 78.8 cm³/mol. The van der Waals surface area contributed by atoms with Gasteiger partial charge in [0, 0.05) is 23.5 Å². The van der Waals surface area contributed by atoms with Crippen molar-refractivity contribution in [3.05, 3.63) is 0 Å². The fourth-order valence-corrected chi connectivity index (χ4v) is 1.66. The van der Waals surface area contributed by atoms with Crippen LogP contribution in [-0.2, 0) is 23.8 Å². The van der Waals surface area contributed by atoms with Crippen LogP contribution in [0.2, 0.25) is 0 Å². The maximum Gasteiger partial charge on any atom is 0.305 e. The van der Waals surface area contributed by atoms with E-state index in [0.717, 1.165) is 23.5 Å². The van der Waals surface area contributed by atoms with Gasteiger partial charge < -0.3 is 14.2 Å². The van der Waals surface area contributed by atoms with E-state index in [1.54, 1.807) is 0 Å². The van der Waals surface area contributed by atoms with Crippen molar-refractivity contribution in [2.45, 2.75) is 25.7 Å². The fourth-order valence-electron chi connectivity index (χ4n) is 1.10. The molecular weight excluding hydrogens is 384 g/mol. The standard InChI is InChI=1S/C12H20Br2O5/c13-5-1-3-11(15)18-9-7-17-8-10-19-12(16)4-2-6-14/h1-10H2. The van der Waals surface area contributed by atoms with Gasteiger partial charge in [-0.05, 0) is 12.8 Å². The summed E-state index contributed by atoms with van der Waals surface area (Å²) in [5.74, 6) is -0.437. The summed E-state index contributed by atoms with van der Waals surface area (Å²) in [5, 5.41) is 1.58. The molecule has 0 aliphatic rings. The average molecular weight is 404 g/mol. The summed E-state index contributed by atoms with van der Waals surface area (Å²) >= 11 is 6.48. The first kappa shape index (κ1) is 18.9. The summed E-state index contributed by atoms with van der Waals surface area (Å²) in [7, 11) is 0. The van der Waals surface area contributed by atoms with E-state index in [0.29, 0.717) is 26.1 Å². The van der Waals surface area contributed by atoms with E-state index in [2.05, 4.69) is 31.9 Å². The Labute approximate surface area is 130 Å². The SMILES string of the molecule is O=C(CCCBr)OCCOCCOC(=O)CCCBr. The Morgan fingerprint density at radius 2 is 1.16 bits per heavy atom. The van der Waals surface area contributed by atoms with Gasteiger partial charge in [-0.1, -0.05) is 31.9 Å². The largest absolute Gasteiger partial charge is 0.463 e. The number of halogens is 2. The molecule has 0 radical (unpaired) electrons. The van der Waals surface area contributed by atoms with Crippen LogP contribution in [0.3, 0.4) is 0 Å². The minimum absolute atomic E-state index is 0.218. The minimum Gasteiger partial charge on any atom is -0.463 e. The molecule has 0 aliphatic carbocycles. The number of alkyl halides is 2. The molecule has 0 atom stereocenters. The zero-order chi connectivity index (χ0) is 14.3. The van der Waals surface area contributed by atoms with Gasteiger partial charge in [0.05, 0.1) is 13.2 Å². The Hall–Kier alpha value is -0.140. The van der Waals surface area contributed by atoms with E-state index in [9.17, 15) is 9.59 Å². The Kier molecular flexibility index (Phi) is 14.2. The number of hydrogen-bond donors (Lipinski definition) is 0. The second kappa shape index (κ2) is 14.3. The van der Waals surface area contributed by atoms with Crippen molar-refractivity contribution in [3.63, 3.8) is 0 Å². The number of ether oxygens (including phenoxy) is 3. The molecule has 0 unspecified atom stereocenters. The Balaban J connectivity index is 3.22. The van der Waals surface area contributed by atoms with Crippen LogP contribution in [0.5, 0.6) is 0 Å². The molecule has 19 heavy (non-hydrogen) atoms. The first-order chi connectivity index (χ1) is 9.20. The molecule has 0 aromatic carbocycles. The first-order valence-corrected chi connectivity index (χ1v) is 8.46. The van der Waals surface area contributed by atoms with E-state index in [-0.39, 0.29) is 25.2 Å². The van der Waals surface area contributed by atoms with Crippen molar-refractivity contribution in [1.82, 2.24) is 0 Å². The highest BCUT2D eigenvalue weighted by atomic mass is 79.9. The van der Waals surface area contributed by atoms with Gasteiger partial charge in [-0.15, -0.1) is 0 Å². The third-order valence-electron chi connectivity index (χ3n) is 2.01. The van der Waals surface area contributed by atoms with Crippen LogP contribution in [0.25, 0.3) is 0 Å². The second-order valence-corrected chi connectivity index (χ2v) is 5.22. The lowest BCUT2D eigenvalue weighted by molar-refractivity contribution is -0.146. The molecule has 0 heterocycles. The monoisotopic (exact) mass is 402 g/mol. The molecule has 0 aromatic heterocycles. The molecule has 0 saturated carbocycles. The van der Waals surface area contributed by atoms with E-state index in [4.69, 9.17) is 14.2 Å². The van der Waals surface area contributed by atoms with Crippen LogP contribution in [0.4, 0.5) is 0 Å². The number of carbonyl (C=O) groups is 2. The normalized spacial score (nSPS) is 10.2. The average Bonchev–Trinajstić information content (AvgIpc) is 2.41. The van der Waals surface area contributed by atoms with Crippen LogP contribution in [-0.4, -0.2) is 49.0 Å². The highest BCUT2D eigenvalue weighted by molar-refractivity contribution is 9.09. The number of carbonyl (C=O) groups excluding carboxylic acids is 2. The van der Waals surface area contributed by atoms with Gasteiger partial charge >= 0.3 is 11.9 Å². The van der Waals surface area contributed by atoms with Crippen LogP contribution in [0.15, 0.2) is 0 Å². The van der Waals surface area contributed by atoms with Gasteiger partial charge in [-0.2, -0.15) is 0 Å². The summed E-state index contributed by atoms with van der Waals surface area (Å²) in [6.45, 7) is 1.11. The van der Waals surface area contributed by atoms with Gasteiger partial charge in [0.15, 0.2) is 0 Å². The molecule has 0 saturated heterocycles. The van der Waals surface area contributed by atoms with Crippen LogP contribution < -0.4 is 0 Å². The van der Waals surface area contributed by atoms with Crippen LogP contribution in [0.1, 0.15) is 25.7 Å². The van der Waals surface area contributed by atoms with Gasteiger partial charge in [0.2, 0.25) is 0 Å². The Bertz CT molecular complexity index is 224. The van der Waals surface area contributed by atoms with Gasteiger partial charge in [-0.3, -0.25) is 9.59 Å². The van der Waals surface area contributed by atoms with E-state index < -0.39 is 0 Å². The highest BCUT2D eigenvalue weighted by Gasteiger charge is 2.03. The second-order valence-electron chi connectivity index (χ2n) is 3.64. The molecule has 0 bridgehead atoms. The lowest BCUT2D eigenvalue weighted by Gasteiger charge is -2.06. The smallest absolute Gasteiger partial charge is 0.305 e. The third-order valence-corrected chi connectivity index (χ3v) is 3.13. The van der Waals surface area contributed by atoms with E-state index >= 15 is 0 Å². The van der Waals surface area contributed by atoms with Crippen molar-refractivity contribution < 1.29 is 23.8 Å². The summed E-state index contributed by atoms with van der Waals surface area (Å²) < 4.78 is 15.0. The summed E-state index contributed by atoms with van der Waals surface area (Å²) in [5.41, 5.74) is 0. The highest BCUT2D eigenvalue weighted by Crippen LogP contribution is 1.97. The molecule has 5 nitrogen and oxygen atoms in total. The minimum atomic E-state index is -0.218. The zero-order valence-corrected chi connectivity index (χ0v) is 14.0. The van der Waals surface area contributed by atoms with E-state index in [1.807, 2.05) is 0 Å². The fraction of sp³-hybridized carbons (Fsp3) is 0.833. The zero-order valence-electron chi connectivity index (χ0n) is 10.9. The van der Waals surface area contributed by atoms with Gasteiger partial charge in [-0.25, -0.2) is 0 Å².